The van der Waals surface area contributed by atoms with Crippen LogP contribution in [-0.2, 0) is 9.59 Å². The van der Waals surface area contributed by atoms with E-state index in [1.807, 2.05) is 32.9 Å². The van der Waals surface area contributed by atoms with Crippen molar-refractivity contribution in [1.82, 2.24) is 10.6 Å². The van der Waals surface area contributed by atoms with Crippen molar-refractivity contribution in [2.75, 3.05) is 0 Å². The Labute approximate surface area is 133 Å². The second kappa shape index (κ2) is 5.35. The zero-order valence-corrected chi connectivity index (χ0v) is 13.1. The van der Waals surface area contributed by atoms with Crippen molar-refractivity contribution in [3.8, 4) is 11.1 Å². The average molecular weight is 308 g/mol. The summed E-state index contributed by atoms with van der Waals surface area (Å²) in [5.74, 6) is -1.36. The number of carbonyl (C=O) groups excluding carboxylic acids is 3. The Morgan fingerprint density at radius 3 is 2.13 bits per heavy atom. The molecule has 1 heterocycles. The van der Waals surface area contributed by atoms with Crippen molar-refractivity contribution in [2.45, 2.75) is 20.8 Å². The van der Waals surface area contributed by atoms with Crippen LogP contribution in [0.25, 0.3) is 17.2 Å². The summed E-state index contributed by atoms with van der Waals surface area (Å²) in [5, 5.41) is 4.17. The first-order valence-electron chi connectivity index (χ1n) is 7.26. The first-order chi connectivity index (χ1) is 10.9. The van der Waals surface area contributed by atoms with E-state index in [1.54, 1.807) is 0 Å². The summed E-state index contributed by atoms with van der Waals surface area (Å²) in [5.41, 5.74) is 6.13. The zero-order valence-electron chi connectivity index (χ0n) is 13.1. The molecule has 0 aromatic rings. The van der Waals surface area contributed by atoms with Crippen LogP contribution in [0.5, 0.6) is 0 Å². The van der Waals surface area contributed by atoms with Gasteiger partial charge < -0.3 is 0 Å². The molecule has 0 radical (unpaired) electrons. The highest BCUT2D eigenvalue weighted by Crippen LogP contribution is 2.35. The molecule has 0 aromatic carbocycles. The van der Waals surface area contributed by atoms with Crippen LogP contribution in [0.1, 0.15) is 22.3 Å². The number of hydrogen-bond donors (Lipinski definition) is 2. The van der Waals surface area contributed by atoms with Gasteiger partial charge in [0.05, 0.1) is 0 Å². The molecule has 0 bridgehead atoms. The largest absolute Gasteiger partial charge is 0.328 e. The summed E-state index contributed by atoms with van der Waals surface area (Å²) in [6.45, 7) is 6.07. The van der Waals surface area contributed by atoms with Gasteiger partial charge in [-0.05, 0) is 54.7 Å². The Balaban J connectivity index is 2.17. The van der Waals surface area contributed by atoms with Crippen molar-refractivity contribution in [1.29, 1.82) is 0 Å². The van der Waals surface area contributed by atoms with Crippen LogP contribution < -0.4 is 10.6 Å². The van der Waals surface area contributed by atoms with Crippen LogP contribution in [0.4, 0.5) is 4.79 Å². The van der Waals surface area contributed by atoms with Gasteiger partial charge in [0.2, 0.25) is 0 Å². The second-order valence-corrected chi connectivity index (χ2v) is 5.77. The Morgan fingerprint density at radius 2 is 1.48 bits per heavy atom. The lowest BCUT2D eigenvalue weighted by Gasteiger charge is -2.14. The lowest BCUT2D eigenvalue weighted by Crippen LogP contribution is -2.51. The Morgan fingerprint density at radius 1 is 0.870 bits per heavy atom. The molecule has 23 heavy (non-hydrogen) atoms. The third kappa shape index (κ3) is 2.61. The molecule has 3 aliphatic rings. The first-order valence-corrected chi connectivity index (χ1v) is 7.26. The van der Waals surface area contributed by atoms with Gasteiger partial charge in [-0.1, -0.05) is 29.8 Å². The average Bonchev–Trinajstić information content (AvgIpc) is 2.81. The Kier molecular flexibility index (Phi) is 3.48. The molecule has 5 heteroatoms. The quantitative estimate of drug-likeness (QED) is 0.628. The van der Waals surface area contributed by atoms with Gasteiger partial charge in [0.15, 0.2) is 0 Å². The van der Waals surface area contributed by atoms with E-state index < -0.39 is 17.8 Å². The lowest BCUT2D eigenvalue weighted by molar-refractivity contribution is -0.123. The molecule has 4 amide bonds. The summed E-state index contributed by atoms with van der Waals surface area (Å²) in [6, 6.07) is 7.24. The predicted octanol–water partition coefficient (Wildman–Crippen LogP) is 2.47. The fourth-order valence-electron chi connectivity index (χ4n) is 3.02. The highest BCUT2D eigenvalue weighted by molar-refractivity contribution is 6.31. The SMILES string of the molecule is Cc1cc(C)c2ccc(C=C3C(=O)NC(=O)NC3=O)c-2c(C)c1. The fraction of sp³-hybridized carbons (Fsp3) is 0.167. The topological polar surface area (TPSA) is 75.3 Å². The third-order valence-electron chi connectivity index (χ3n) is 3.94. The predicted molar refractivity (Wildman–Crippen MR) is 86.9 cm³/mol. The van der Waals surface area contributed by atoms with Crippen LogP contribution in [0.15, 0.2) is 29.8 Å². The van der Waals surface area contributed by atoms with Crippen LogP contribution >= 0.6 is 0 Å². The molecule has 1 saturated heterocycles. The van der Waals surface area contributed by atoms with E-state index in [0.717, 1.165) is 33.4 Å². The minimum absolute atomic E-state index is 0.0719. The smallest absolute Gasteiger partial charge is 0.273 e. The molecule has 0 saturated carbocycles. The molecule has 1 aliphatic heterocycles. The summed E-state index contributed by atoms with van der Waals surface area (Å²) in [4.78, 5) is 34.9. The van der Waals surface area contributed by atoms with Crippen molar-refractivity contribution in [2.24, 2.45) is 0 Å². The van der Waals surface area contributed by atoms with E-state index in [4.69, 9.17) is 0 Å². The molecule has 2 N–H and O–H groups in total. The molecule has 5 nitrogen and oxygen atoms in total. The first kappa shape index (κ1) is 15.0. The van der Waals surface area contributed by atoms with Gasteiger partial charge in [-0.15, -0.1) is 0 Å². The summed E-state index contributed by atoms with van der Waals surface area (Å²) >= 11 is 0. The van der Waals surface area contributed by atoms with Crippen LogP contribution in [0.3, 0.4) is 0 Å². The van der Waals surface area contributed by atoms with Gasteiger partial charge in [-0.2, -0.15) is 0 Å². The van der Waals surface area contributed by atoms with Gasteiger partial charge in [0.1, 0.15) is 5.57 Å². The number of carbonyl (C=O) groups is 3. The van der Waals surface area contributed by atoms with Gasteiger partial charge in [-0.3, -0.25) is 20.2 Å². The summed E-state index contributed by atoms with van der Waals surface area (Å²) in [6.07, 6.45) is 1.53. The fourth-order valence-corrected chi connectivity index (χ4v) is 3.02. The van der Waals surface area contributed by atoms with Crippen molar-refractivity contribution in [3.63, 3.8) is 0 Å². The number of amides is 4. The maximum absolute atomic E-state index is 11.9. The maximum atomic E-state index is 11.9. The molecule has 3 rings (SSSR count). The number of imide groups is 2. The highest BCUT2D eigenvalue weighted by atomic mass is 16.2. The van der Waals surface area contributed by atoms with Gasteiger partial charge in [0, 0.05) is 0 Å². The Hall–Kier alpha value is -2.95. The van der Waals surface area contributed by atoms with Gasteiger partial charge in [0.25, 0.3) is 11.8 Å². The molecule has 116 valence electrons. The standard InChI is InChI=1S/C18H16N2O3/c1-9-6-10(2)13-5-4-12(15(13)11(3)7-9)8-14-16(21)19-18(23)20-17(14)22/h4-8H,1-3H3,(H2,19,20,21,22,23). The highest BCUT2D eigenvalue weighted by Gasteiger charge is 2.28. The number of fused-ring (bicyclic) bond motifs is 1. The second-order valence-electron chi connectivity index (χ2n) is 5.77. The van der Waals surface area contributed by atoms with Crippen LogP contribution in [0.2, 0.25) is 0 Å². The number of aryl methyl sites for hydroxylation is 3. The number of urea groups is 1. The van der Waals surface area contributed by atoms with Crippen LogP contribution in [0, 0.1) is 20.8 Å². The lowest BCUT2D eigenvalue weighted by atomic mass is 10.00. The number of nitrogens with one attached hydrogen (secondary N) is 2. The maximum Gasteiger partial charge on any atom is 0.328 e. The molecule has 1 fully saturated rings. The normalized spacial score (nSPS) is 14.7. The minimum Gasteiger partial charge on any atom is -0.273 e. The van der Waals surface area contributed by atoms with E-state index >= 15 is 0 Å². The number of barbiturate groups is 1. The van der Waals surface area contributed by atoms with E-state index in [2.05, 4.69) is 22.8 Å². The monoisotopic (exact) mass is 308 g/mol. The molecule has 0 spiro atoms. The van der Waals surface area contributed by atoms with Gasteiger partial charge >= 0.3 is 6.03 Å². The van der Waals surface area contributed by atoms with E-state index in [0.29, 0.717) is 0 Å². The summed E-state index contributed by atoms with van der Waals surface area (Å²) in [7, 11) is 0. The number of rotatable bonds is 1. The molecule has 0 atom stereocenters. The zero-order chi connectivity index (χ0) is 16.7. The molecular formula is C18H16N2O3. The minimum atomic E-state index is -0.793. The molecule has 0 aromatic heterocycles. The van der Waals surface area contributed by atoms with Gasteiger partial charge in [-0.25, -0.2) is 4.79 Å². The number of hydrogen-bond acceptors (Lipinski definition) is 3. The molecule has 2 aliphatic carbocycles. The molecule has 0 unspecified atom stereocenters. The van der Waals surface area contributed by atoms with E-state index in [-0.39, 0.29) is 5.57 Å². The third-order valence-corrected chi connectivity index (χ3v) is 3.94. The van der Waals surface area contributed by atoms with Crippen molar-refractivity contribution < 1.29 is 14.4 Å². The summed E-state index contributed by atoms with van der Waals surface area (Å²) < 4.78 is 0. The van der Waals surface area contributed by atoms with Crippen molar-refractivity contribution in [3.05, 3.63) is 52.1 Å². The van der Waals surface area contributed by atoms with Crippen LogP contribution in [-0.4, -0.2) is 17.8 Å². The Bertz CT molecular complexity index is 843. The molecular weight excluding hydrogens is 292 g/mol. The van der Waals surface area contributed by atoms with Crippen molar-refractivity contribution >= 4 is 23.9 Å². The van der Waals surface area contributed by atoms with E-state index in [1.165, 1.54) is 6.08 Å². The van der Waals surface area contributed by atoms with E-state index in [9.17, 15) is 14.4 Å².